The van der Waals surface area contributed by atoms with Crippen molar-refractivity contribution in [1.82, 2.24) is 0 Å². The lowest BCUT2D eigenvalue weighted by Gasteiger charge is -2.20. The van der Waals surface area contributed by atoms with Gasteiger partial charge in [-0.05, 0) is 50.5 Å². The van der Waals surface area contributed by atoms with Crippen LogP contribution in [-0.2, 0) is 6.42 Å². The van der Waals surface area contributed by atoms with Gasteiger partial charge >= 0.3 is 0 Å². The summed E-state index contributed by atoms with van der Waals surface area (Å²) >= 11 is 0. The summed E-state index contributed by atoms with van der Waals surface area (Å²) in [7, 11) is 1.66. The fraction of sp³-hybridized carbons (Fsp3) is 0.538. The van der Waals surface area contributed by atoms with Gasteiger partial charge < -0.3 is 9.84 Å². The predicted molar refractivity (Wildman–Crippen MR) is 62.5 cm³/mol. The van der Waals surface area contributed by atoms with Crippen molar-refractivity contribution in [2.75, 3.05) is 7.11 Å². The molecule has 0 atom stereocenters. The van der Waals surface area contributed by atoms with Gasteiger partial charge in [0.25, 0.3) is 0 Å². The Morgan fingerprint density at radius 3 is 2.20 bits per heavy atom. The Kier molecular flexibility index (Phi) is 3.40. The van der Waals surface area contributed by atoms with Crippen LogP contribution in [0.2, 0.25) is 0 Å². The van der Waals surface area contributed by atoms with Crippen molar-refractivity contribution in [2.45, 2.75) is 39.7 Å². The minimum Gasteiger partial charge on any atom is -0.496 e. The fourth-order valence-electron chi connectivity index (χ4n) is 1.64. The number of methoxy groups -OCH3 is 1. The Bertz CT molecular complexity index is 348. The zero-order chi connectivity index (χ0) is 11.6. The molecular formula is C13H20O2. The highest BCUT2D eigenvalue weighted by molar-refractivity contribution is 5.42. The Balaban J connectivity index is 3.11. The minimum absolute atomic E-state index is 0.608. The molecule has 0 saturated carbocycles. The van der Waals surface area contributed by atoms with E-state index in [4.69, 9.17) is 4.74 Å². The van der Waals surface area contributed by atoms with E-state index in [2.05, 4.69) is 19.9 Å². The molecule has 1 aromatic carbocycles. The zero-order valence-electron chi connectivity index (χ0n) is 10.2. The van der Waals surface area contributed by atoms with Crippen molar-refractivity contribution in [3.63, 3.8) is 0 Å². The highest BCUT2D eigenvalue weighted by atomic mass is 16.5. The van der Waals surface area contributed by atoms with Crippen LogP contribution in [0, 0.1) is 13.8 Å². The molecule has 0 bridgehead atoms. The third-order valence-corrected chi connectivity index (χ3v) is 2.52. The topological polar surface area (TPSA) is 29.5 Å². The molecule has 1 aromatic rings. The maximum atomic E-state index is 9.80. The van der Waals surface area contributed by atoms with Crippen molar-refractivity contribution in [3.05, 3.63) is 28.8 Å². The second-order valence-electron chi connectivity index (χ2n) is 4.74. The lowest BCUT2D eigenvalue weighted by Crippen LogP contribution is -2.22. The van der Waals surface area contributed by atoms with Crippen LogP contribution in [0.3, 0.4) is 0 Å². The molecule has 0 aliphatic carbocycles. The minimum atomic E-state index is -0.699. The lowest BCUT2D eigenvalue weighted by atomic mass is 9.95. The maximum absolute atomic E-state index is 9.80. The van der Waals surface area contributed by atoms with Crippen molar-refractivity contribution in [1.29, 1.82) is 0 Å². The van der Waals surface area contributed by atoms with Gasteiger partial charge in [0.15, 0.2) is 0 Å². The van der Waals surface area contributed by atoms with Crippen molar-refractivity contribution < 1.29 is 9.84 Å². The number of ether oxygens (including phenoxy) is 1. The standard InChI is InChI=1S/C13H20O2/c1-9-6-11(8-13(3,4)14)12(15-5)7-10(9)2/h6-7,14H,8H2,1-5H3. The molecule has 0 unspecified atom stereocenters. The maximum Gasteiger partial charge on any atom is 0.122 e. The molecule has 1 rings (SSSR count). The van der Waals surface area contributed by atoms with Crippen LogP contribution in [-0.4, -0.2) is 17.8 Å². The molecule has 0 aliphatic rings. The Morgan fingerprint density at radius 1 is 1.20 bits per heavy atom. The number of hydrogen-bond acceptors (Lipinski definition) is 2. The molecule has 0 saturated heterocycles. The highest BCUT2D eigenvalue weighted by Gasteiger charge is 2.17. The van der Waals surface area contributed by atoms with E-state index in [0.717, 1.165) is 11.3 Å². The van der Waals surface area contributed by atoms with Crippen LogP contribution < -0.4 is 4.74 Å². The number of rotatable bonds is 3. The first-order chi connectivity index (χ1) is 6.83. The van der Waals surface area contributed by atoms with Gasteiger partial charge in [-0.3, -0.25) is 0 Å². The van der Waals surface area contributed by atoms with Crippen LogP contribution in [0.5, 0.6) is 5.75 Å². The summed E-state index contributed by atoms with van der Waals surface area (Å²) in [4.78, 5) is 0. The van der Waals surface area contributed by atoms with E-state index in [-0.39, 0.29) is 0 Å². The summed E-state index contributed by atoms with van der Waals surface area (Å²) in [6.07, 6.45) is 0.608. The number of benzene rings is 1. The van der Waals surface area contributed by atoms with Crippen molar-refractivity contribution in [3.8, 4) is 5.75 Å². The summed E-state index contributed by atoms with van der Waals surface area (Å²) < 4.78 is 5.32. The first-order valence-corrected chi connectivity index (χ1v) is 5.20. The van der Waals surface area contributed by atoms with Crippen molar-refractivity contribution >= 4 is 0 Å². The van der Waals surface area contributed by atoms with Crippen LogP contribution in [0.4, 0.5) is 0 Å². The molecule has 0 fully saturated rings. The summed E-state index contributed by atoms with van der Waals surface area (Å²) in [6, 6.07) is 4.11. The summed E-state index contributed by atoms with van der Waals surface area (Å²) in [6.45, 7) is 7.75. The average Bonchev–Trinajstić information content (AvgIpc) is 2.08. The molecule has 0 spiro atoms. The lowest BCUT2D eigenvalue weighted by molar-refractivity contribution is 0.0802. The molecule has 15 heavy (non-hydrogen) atoms. The van der Waals surface area contributed by atoms with Gasteiger partial charge in [0.1, 0.15) is 5.75 Å². The van der Waals surface area contributed by atoms with Gasteiger partial charge in [-0.1, -0.05) is 6.07 Å². The Labute approximate surface area is 91.9 Å². The largest absolute Gasteiger partial charge is 0.496 e. The number of hydrogen-bond donors (Lipinski definition) is 1. The molecule has 0 heterocycles. The van der Waals surface area contributed by atoms with Crippen molar-refractivity contribution in [2.24, 2.45) is 0 Å². The van der Waals surface area contributed by atoms with Gasteiger partial charge in [-0.25, -0.2) is 0 Å². The van der Waals surface area contributed by atoms with Gasteiger partial charge in [0.2, 0.25) is 0 Å². The second kappa shape index (κ2) is 4.23. The number of aryl methyl sites for hydroxylation is 2. The molecule has 2 nitrogen and oxygen atoms in total. The van der Waals surface area contributed by atoms with Gasteiger partial charge in [-0.15, -0.1) is 0 Å². The summed E-state index contributed by atoms with van der Waals surface area (Å²) in [5.41, 5.74) is 2.81. The molecule has 0 aliphatic heterocycles. The third-order valence-electron chi connectivity index (χ3n) is 2.52. The average molecular weight is 208 g/mol. The van der Waals surface area contributed by atoms with Crippen LogP contribution in [0.25, 0.3) is 0 Å². The monoisotopic (exact) mass is 208 g/mol. The molecule has 0 amide bonds. The van der Waals surface area contributed by atoms with E-state index in [1.807, 2.05) is 19.9 Å². The fourth-order valence-corrected chi connectivity index (χ4v) is 1.64. The SMILES string of the molecule is COc1cc(C)c(C)cc1CC(C)(C)O. The Morgan fingerprint density at radius 2 is 1.73 bits per heavy atom. The molecule has 2 heteroatoms. The first kappa shape index (κ1) is 12.1. The molecule has 0 radical (unpaired) electrons. The van der Waals surface area contributed by atoms with E-state index in [9.17, 15) is 5.11 Å². The van der Waals surface area contributed by atoms with E-state index in [0.29, 0.717) is 6.42 Å². The normalized spacial score (nSPS) is 11.6. The predicted octanol–water partition coefficient (Wildman–Crippen LogP) is 2.63. The van der Waals surface area contributed by atoms with E-state index >= 15 is 0 Å². The summed E-state index contributed by atoms with van der Waals surface area (Å²) in [5.74, 6) is 0.861. The molecule has 1 N–H and O–H groups in total. The first-order valence-electron chi connectivity index (χ1n) is 5.20. The van der Waals surface area contributed by atoms with Gasteiger partial charge in [0, 0.05) is 6.42 Å². The summed E-state index contributed by atoms with van der Waals surface area (Å²) in [5, 5.41) is 9.80. The van der Waals surface area contributed by atoms with Crippen LogP contribution in [0.1, 0.15) is 30.5 Å². The zero-order valence-corrected chi connectivity index (χ0v) is 10.2. The van der Waals surface area contributed by atoms with E-state index < -0.39 is 5.60 Å². The quantitative estimate of drug-likeness (QED) is 0.827. The van der Waals surface area contributed by atoms with E-state index in [1.165, 1.54) is 11.1 Å². The molecule has 84 valence electrons. The van der Waals surface area contributed by atoms with Gasteiger partial charge in [0.05, 0.1) is 12.7 Å². The molecular weight excluding hydrogens is 188 g/mol. The smallest absolute Gasteiger partial charge is 0.122 e. The Hall–Kier alpha value is -1.02. The third kappa shape index (κ3) is 3.24. The van der Waals surface area contributed by atoms with Crippen LogP contribution >= 0.6 is 0 Å². The van der Waals surface area contributed by atoms with Crippen LogP contribution in [0.15, 0.2) is 12.1 Å². The molecule has 0 aromatic heterocycles. The van der Waals surface area contributed by atoms with Gasteiger partial charge in [-0.2, -0.15) is 0 Å². The highest BCUT2D eigenvalue weighted by Crippen LogP contribution is 2.26. The van der Waals surface area contributed by atoms with E-state index in [1.54, 1.807) is 7.11 Å². The second-order valence-corrected chi connectivity index (χ2v) is 4.74. The number of aliphatic hydroxyl groups is 1.